The Hall–Kier alpha value is -3.39. The van der Waals surface area contributed by atoms with Crippen LogP contribution in [0.1, 0.15) is 24.4 Å². The minimum Gasteiger partial charge on any atom is -0.497 e. The summed E-state index contributed by atoms with van der Waals surface area (Å²) in [6, 6.07) is 10.9. The fourth-order valence-electron chi connectivity index (χ4n) is 3.02. The first-order valence-electron chi connectivity index (χ1n) is 8.58. The van der Waals surface area contributed by atoms with Crippen LogP contribution >= 0.6 is 0 Å². The number of nitrogens with two attached hydrogens (primary N) is 1. The molecule has 138 valence electrons. The maximum Gasteiger partial charge on any atom is 0.340 e. The molecule has 2 N–H and O–H groups in total. The molecule has 0 bridgehead atoms. The Morgan fingerprint density at radius 2 is 2.00 bits per heavy atom. The molecule has 3 aromatic heterocycles. The van der Waals surface area contributed by atoms with Crippen molar-refractivity contribution < 1.29 is 4.74 Å². The lowest BCUT2D eigenvalue weighted by atomic mass is 10.2. The average molecular weight is 364 g/mol. The number of rotatable bonds is 5. The molecule has 1 atom stereocenters. The maximum absolute atomic E-state index is 12.9. The molecule has 0 saturated carbocycles. The number of benzene rings is 1. The molecule has 4 aromatic rings. The predicted molar refractivity (Wildman–Crippen MR) is 101 cm³/mol. The Kier molecular flexibility index (Phi) is 4.25. The van der Waals surface area contributed by atoms with E-state index in [-0.39, 0.29) is 5.69 Å². The largest absolute Gasteiger partial charge is 0.497 e. The van der Waals surface area contributed by atoms with Gasteiger partial charge in [-0.05, 0) is 36.8 Å². The van der Waals surface area contributed by atoms with Gasteiger partial charge in [0.15, 0.2) is 0 Å². The van der Waals surface area contributed by atoms with Crippen molar-refractivity contribution >= 4 is 5.65 Å². The summed E-state index contributed by atoms with van der Waals surface area (Å²) in [5.41, 5.74) is 8.13. The van der Waals surface area contributed by atoms with Crippen molar-refractivity contribution in [3.8, 4) is 11.4 Å². The lowest BCUT2D eigenvalue weighted by Crippen LogP contribution is -2.31. The average Bonchev–Trinajstić information content (AvgIpc) is 3.31. The second-order valence-corrected chi connectivity index (χ2v) is 6.36. The maximum atomic E-state index is 12.9. The van der Waals surface area contributed by atoms with Gasteiger partial charge in [0, 0.05) is 12.4 Å². The first-order chi connectivity index (χ1) is 13.1. The summed E-state index contributed by atoms with van der Waals surface area (Å²) in [7, 11) is 1.64. The second-order valence-electron chi connectivity index (χ2n) is 6.36. The number of aromatic nitrogens is 5. The molecule has 0 fully saturated rings. The van der Waals surface area contributed by atoms with Crippen LogP contribution in [0.3, 0.4) is 0 Å². The molecule has 1 aromatic carbocycles. The topological polar surface area (TPSA) is 92.4 Å². The van der Waals surface area contributed by atoms with Crippen LogP contribution in [-0.2, 0) is 6.54 Å². The number of hydrogen-bond acceptors (Lipinski definition) is 5. The number of hydrogen-bond donors (Lipinski definition) is 1. The summed E-state index contributed by atoms with van der Waals surface area (Å²) in [6.45, 7) is 2.38. The van der Waals surface area contributed by atoms with E-state index in [1.807, 2.05) is 30.5 Å². The van der Waals surface area contributed by atoms with E-state index in [2.05, 4.69) is 10.1 Å². The highest BCUT2D eigenvalue weighted by molar-refractivity contribution is 5.40. The zero-order valence-electron chi connectivity index (χ0n) is 15.1. The molecule has 8 heteroatoms. The van der Waals surface area contributed by atoms with Crippen molar-refractivity contribution in [2.75, 3.05) is 7.11 Å². The van der Waals surface area contributed by atoms with Crippen LogP contribution in [-0.4, -0.2) is 30.8 Å². The predicted octanol–water partition coefficient (Wildman–Crippen LogP) is 1.76. The molecule has 0 radical (unpaired) electrons. The van der Waals surface area contributed by atoms with Gasteiger partial charge in [-0.25, -0.2) is 14.3 Å². The molecule has 8 nitrogen and oxygen atoms in total. The first kappa shape index (κ1) is 17.0. The van der Waals surface area contributed by atoms with Crippen molar-refractivity contribution in [3.05, 3.63) is 76.9 Å². The smallest absolute Gasteiger partial charge is 0.340 e. The summed E-state index contributed by atoms with van der Waals surface area (Å²) in [6.07, 6.45) is 5.15. The number of fused-ring (bicyclic) bond motifs is 1. The first-order valence-corrected chi connectivity index (χ1v) is 8.58. The fourth-order valence-corrected chi connectivity index (χ4v) is 3.02. The van der Waals surface area contributed by atoms with E-state index in [9.17, 15) is 4.79 Å². The third kappa shape index (κ3) is 3.11. The van der Waals surface area contributed by atoms with E-state index in [4.69, 9.17) is 10.5 Å². The molecular formula is C19H20N6O2. The molecule has 0 aliphatic heterocycles. The summed E-state index contributed by atoms with van der Waals surface area (Å²) in [5, 5.41) is 4.39. The quantitative estimate of drug-likeness (QED) is 0.582. The third-order valence-electron chi connectivity index (χ3n) is 4.37. The van der Waals surface area contributed by atoms with Crippen molar-refractivity contribution in [2.24, 2.45) is 5.73 Å². The van der Waals surface area contributed by atoms with Crippen molar-refractivity contribution in [1.82, 2.24) is 23.7 Å². The minimum atomic E-state index is -0.400. The van der Waals surface area contributed by atoms with E-state index < -0.39 is 6.04 Å². The number of methoxy groups -OCH3 is 1. The van der Waals surface area contributed by atoms with Crippen LogP contribution in [0.15, 0.2) is 59.8 Å². The van der Waals surface area contributed by atoms with Crippen LogP contribution in [0.2, 0.25) is 0 Å². The van der Waals surface area contributed by atoms with Gasteiger partial charge in [0.05, 0.1) is 31.6 Å². The lowest BCUT2D eigenvalue weighted by molar-refractivity contribution is 0.414. The van der Waals surface area contributed by atoms with Crippen LogP contribution in [0.25, 0.3) is 11.3 Å². The van der Waals surface area contributed by atoms with Gasteiger partial charge in [-0.2, -0.15) is 5.10 Å². The van der Waals surface area contributed by atoms with Crippen LogP contribution in [0.5, 0.6) is 5.75 Å². The Labute approximate surface area is 155 Å². The SMILES string of the molecule is COc1ccc(Cn2cc(-n3c(C(C)N)nc4cccn4c3=O)cn2)cc1. The van der Waals surface area contributed by atoms with Gasteiger partial charge >= 0.3 is 5.69 Å². The van der Waals surface area contributed by atoms with Gasteiger partial charge in [-0.3, -0.25) is 9.08 Å². The zero-order valence-corrected chi connectivity index (χ0v) is 15.1. The normalized spacial score (nSPS) is 12.4. The molecule has 1 unspecified atom stereocenters. The van der Waals surface area contributed by atoms with E-state index in [1.165, 1.54) is 8.97 Å². The van der Waals surface area contributed by atoms with Crippen molar-refractivity contribution in [2.45, 2.75) is 19.5 Å². The molecule has 0 spiro atoms. The fraction of sp³-hybridized carbons (Fsp3) is 0.211. The summed E-state index contributed by atoms with van der Waals surface area (Å²) in [4.78, 5) is 17.5. The number of ether oxygens (including phenoxy) is 1. The van der Waals surface area contributed by atoms with Gasteiger partial charge in [-0.1, -0.05) is 12.1 Å². The summed E-state index contributed by atoms with van der Waals surface area (Å²) >= 11 is 0. The van der Waals surface area contributed by atoms with Crippen molar-refractivity contribution in [3.63, 3.8) is 0 Å². The minimum absolute atomic E-state index is 0.221. The van der Waals surface area contributed by atoms with Gasteiger partial charge in [0.1, 0.15) is 17.2 Å². The molecular weight excluding hydrogens is 344 g/mol. The molecule has 0 saturated heterocycles. The molecule has 0 amide bonds. The van der Waals surface area contributed by atoms with E-state index >= 15 is 0 Å². The third-order valence-corrected chi connectivity index (χ3v) is 4.37. The van der Waals surface area contributed by atoms with Gasteiger partial charge in [-0.15, -0.1) is 0 Å². The standard InChI is InChI=1S/C19H20N6O2/c1-13(20)18-22-17-4-3-9-24(17)19(26)25(18)15-10-21-23(12-15)11-14-5-7-16(27-2)8-6-14/h3-10,12-13H,11,20H2,1-2H3. The van der Waals surface area contributed by atoms with E-state index in [0.29, 0.717) is 23.7 Å². The molecule has 4 rings (SSSR count). The Morgan fingerprint density at radius 3 is 2.70 bits per heavy atom. The molecule has 27 heavy (non-hydrogen) atoms. The van der Waals surface area contributed by atoms with Crippen molar-refractivity contribution in [1.29, 1.82) is 0 Å². The Morgan fingerprint density at radius 1 is 1.22 bits per heavy atom. The Balaban J connectivity index is 1.73. The highest BCUT2D eigenvalue weighted by atomic mass is 16.5. The van der Waals surface area contributed by atoms with Gasteiger partial charge in [0.2, 0.25) is 0 Å². The molecule has 0 aliphatic carbocycles. The van der Waals surface area contributed by atoms with Crippen LogP contribution in [0, 0.1) is 0 Å². The Bertz CT molecular complexity index is 1140. The lowest BCUT2D eigenvalue weighted by Gasteiger charge is -2.13. The number of nitrogens with zero attached hydrogens (tertiary/aromatic N) is 5. The van der Waals surface area contributed by atoms with E-state index in [0.717, 1.165) is 11.3 Å². The van der Waals surface area contributed by atoms with Gasteiger partial charge < -0.3 is 10.5 Å². The van der Waals surface area contributed by atoms with Gasteiger partial charge in [0.25, 0.3) is 0 Å². The summed E-state index contributed by atoms with van der Waals surface area (Å²) in [5.74, 6) is 1.30. The highest BCUT2D eigenvalue weighted by Gasteiger charge is 2.16. The van der Waals surface area contributed by atoms with E-state index in [1.54, 1.807) is 43.2 Å². The highest BCUT2D eigenvalue weighted by Crippen LogP contribution is 2.15. The van der Waals surface area contributed by atoms with Crippen LogP contribution < -0.4 is 16.2 Å². The monoisotopic (exact) mass is 364 g/mol. The zero-order chi connectivity index (χ0) is 19.0. The van der Waals surface area contributed by atoms with Crippen LogP contribution in [0.4, 0.5) is 0 Å². The molecule has 3 heterocycles. The second kappa shape index (κ2) is 6.73. The summed E-state index contributed by atoms with van der Waals surface area (Å²) < 4.78 is 9.95. The molecule has 0 aliphatic rings.